The molecule has 2 aromatic carbocycles. The topological polar surface area (TPSA) is 57.1 Å². The van der Waals surface area contributed by atoms with Crippen LogP contribution in [0.1, 0.15) is 24.6 Å². The first-order chi connectivity index (χ1) is 13.4. The summed E-state index contributed by atoms with van der Waals surface area (Å²) in [6.45, 7) is 1.99. The molecular weight excluding hydrogens is 373 g/mol. The molecule has 0 bridgehead atoms. The largest absolute Gasteiger partial charge is 0.304 e. The van der Waals surface area contributed by atoms with E-state index in [1.807, 2.05) is 43.3 Å². The molecule has 28 heavy (non-hydrogen) atoms. The number of carbonyl (C=O) groups excluding carboxylic acids is 1. The second kappa shape index (κ2) is 6.95. The van der Waals surface area contributed by atoms with Crippen LogP contribution in [0.15, 0.2) is 54.7 Å². The number of rotatable bonds is 3. The Morgan fingerprint density at radius 1 is 1.14 bits per heavy atom. The number of amides is 1. The molecule has 0 saturated carbocycles. The zero-order valence-electron chi connectivity index (χ0n) is 15.7. The van der Waals surface area contributed by atoms with Gasteiger partial charge in [0.1, 0.15) is 16.7 Å². The van der Waals surface area contributed by atoms with E-state index >= 15 is 0 Å². The molecule has 1 atom stereocenters. The third-order valence-electron chi connectivity index (χ3n) is 5.28. The van der Waals surface area contributed by atoms with Crippen molar-refractivity contribution >= 4 is 23.1 Å². The number of nitrogens with one attached hydrogen (secondary N) is 1. The average Bonchev–Trinajstić information content (AvgIpc) is 3.18. The van der Waals surface area contributed by atoms with Gasteiger partial charge in [-0.3, -0.25) is 10.2 Å². The van der Waals surface area contributed by atoms with Crippen molar-refractivity contribution in [2.45, 2.75) is 25.2 Å². The quantitative estimate of drug-likeness (QED) is 0.673. The number of halogens is 1. The lowest BCUT2D eigenvalue weighted by molar-refractivity contribution is -0.128. The minimum Gasteiger partial charge on any atom is -0.304 e. The highest BCUT2D eigenvalue weighted by atomic mass is 32.1. The summed E-state index contributed by atoms with van der Waals surface area (Å²) < 4.78 is 14.7. The van der Waals surface area contributed by atoms with Crippen molar-refractivity contribution in [3.8, 4) is 21.7 Å². The highest BCUT2D eigenvalue weighted by Crippen LogP contribution is 2.41. The van der Waals surface area contributed by atoms with Crippen molar-refractivity contribution in [1.82, 2.24) is 9.88 Å². The van der Waals surface area contributed by atoms with Crippen LogP contribution in [0.2, 0.25) is 0 Å². The molecule has 3 aromatic rings. The van der Waals surface area contributed by atoms with Crippen molar-refractivity contribution in [2.24, 2.45) is 0 Å². The van der Waals surface area contributed by atoms with Crippen LogP contribution in [0.4, 0.5) is 4.39 Å². The van der Waals surface area contributed by atoms with Gasteiger partial charge in [0.2, 0.25) is 5.91 Å². The van der Waals surface area contributed by atoms with Gasteiger partial charge in [0, 0.05) is 47.5 Å². The first-order valence-corrected chi connectivity index (χ1v) is 9.85. The van der Waals surface area contributed by atoms with Gasteiger partial charge in [0.15, 0.2) is 0 Å². The summed E-state index contributed by atoms with van der Waals surface area (Å²) >= 11 is 1.46. The molecule has 0 spiro atoms. The van der Waals surface area contributed by atoms with Crippen LogP contribution < -0.4 is 0 Å². The Labute approximate surface area is 167 Å². The molecule has 1 fully saturated rings. The molecule has 0 radical (unpaired) electrons. The zero-order valence-corrected chi connectivity index (χ0v) is 16.5. The van der Waals surface area contributed by atoms with Crippen LogP contribution in [0.5, 0.6) is 0 Å². The maximum absolute atomic E-state index is 14.7. The van der Waals surface area contributed by atoms with Crippen molar-refractivity contribution in [1.29, 1.82) is 5.41 Å². The van der Waals surface area contributed by atoms with E-state index in [1.165, 1.54) is 22.3 Å². The fraction of sp³-hybridized carbons (Fsp3) is 0.227. The first kappa shape index (κ1) is 18.5. The molecule has 1 aliphatic rings. The van der Waals surface area contributed by atoms with E-state index in [4.69, 9.17) is 5.41 Å². The second-order valence-electron chi connectivity index (χ2n) is 7.40. The number of thiazole rings is 1. The zero-order chi connectivity index (χ0) is 19.9. The summed E-state index contributed by atoms with van der Waals surface area (Å²) in [5.41, 5.74) is 1.66. The predicted octanol–water partition coefficient (Wildman–Crippen LogP) is 5.10. The van der Waals surface area contributed by atoms with Gasteiger partial charge in [0.05, 0.1) is 0 Å². The molecule has 4 rings (SSSR count). The first-order valence-electron chi connectivity index (χ1n) is 9.03. The van der Waals surface area contributed by atoms with Crippen LogP contribution >= 0.6 is 11.3 Å². The van der Waals surface area contributed by atoms with Crippen LogP contribution in [0, 0.1) is 11.2 Å². The lowest BCUT2D eigenvalue weighted by Crippen LogP contribution is -2.46. The number of amidine groups is 1. The lowest BCUT2D eigenvalue weighted by atomic mass is 9.78. The molecule has 1 amide bonds. The van der Waals surface area contributed by atoms with Crippen LogP contribution in [-0.2, 0) is 10.2 Å². The number of aromatic nitrogens is 1. The maximum atomic E-state index is 14.7. The third-order valence-corrected chi connectivity index (χ3v) is 6.63. The summed E-state index contributed by atoms with van der Waals surface area (Å²) in [7, 11) is 1.64. The number of likely N-dealkylation sites (tertiary alicyclic amines) is 1. The van der Waals surface area contributed by atoms with Gasteiger partial charge in [-0.2, -0.15) is 0 Å². The smallest absolute Gasteiger partial charge is 0.228 e. The van der Waals surface area contributed by atoms with Gasteiger partial charge >= 0.3 is 0 Å². The van der Waals surface area contributed by atoms with Crippen molar-refractivity contribution in [3.05, 3.63) is 65.4 Å². The highest BCUT2D eigenvalue weighted by Gasteiger charge is 2.39. The monoisotopic (exact) mass is 393 g/mol. The molecule has 6 heteroatoms. The molecule has 4 nitrogen and oxygen atoms in total. The number of nitrogens with zero attached hydrogens (tertiary/aromatic N) is 2. The minimum absolute atomic E-state index is 0.0630. The van der Waals surface area contributed by atoms with Gasteiger partial charge < -0.3 is 4.90 Å². The molecule has 0 aliphatic carbocycles. The van der Waals surface area contributed by atoms with Crippen LogP contribution in [0.25, 0.3) is 21.7 Å². The molecule has 2 heterocycles. The fourth-order valence-corrected chi connectivity index (χ4v) is 4.57. The SMILES string of the molecule is CN1C(=N)C[C@](C)(c2cnc(-c3ccc(-c4ccccc4)c(F)c3)s2)CC1=O. The van der Waals surface area contributed by atoms with E-state index < -0.39 is 5.41 Å². The van der Waals surface area contributed by atoms with Gasteiger partial charge in [0.25, 0.3) is 0 Å². The van der Waals surface area contributed by atoms with Crippen LogP contribution in [-0.4, -0.2) is 28.7 Å². The van der Waals surface area contributed by atoms with E-state index in [1.54, 1.807) is 19.3 Å². The number of hydrogen-bond donors (Lipinski definition) is 1. The van der Waals surface area contributed by atoms with Gasteiger partial charge in [-0.1, -0.05) is 49.4 Å². The predicted molar refractivity (Wildman–Crippen MR) is 110 cm³/mol. The van der Waals surface area contributed by atoms with Crippen molar-refractivity contribution in [2.75, 3.05) is 7.05 Å². The summed E-state index contributed by atoms with van der Waals surface area (Å²) in [5.74, 6) is -0.0400. The molecule has 1 saturated heterocycles. The minimum atomic E-state index is -0.445. The van der Waals surface area contributed by atoms with E-state index in [9.17, 15) is 9.18 Å². The Morgan fingerprint density at radius 3 is 2.57 bits per heavy atom. The Kier molecular flexibility index (Phi) is 4.59. The molecule has 142 valence electrons. The summed E-state index contributed by atoms with van der Waals surface area (Å²) in [5, 5.41) is 8.79. The Hall–Kier alpha value is -2.86. The molecule has 1 aliphatic heterocycles. The van der Waals surface area contributed by atoms with E-state index in [0.29, 0.717) is 34.8 Å². The summed E-state index contributed by atoms with van der Waals surface area (Å²) in [6, 6.07) is 14.6. The summed E-state index contributed by atoms with van der Waals surface area (Å²) in [4.78, 5) is 19.0. The van der Waals surface area contributed by atoms with Gasteiger partial charge in [-0.25, -0.2) is 9.37 Å². The number of hydrogen-bond acceptors (Lipinski definition) is 4. The maximum Gasteiger partial charge on any atom is 0.228 e. The lowest BCUT2D eigenvalue weighted by Gasteiger charge is -2.36. The standard InChI is InChI=1S/C22H20FN3OS/c1-22(11-19(24)26(2)20(27)12-22)18-13-25-21(28-18)15-8-9-16(17(23)10-15)14-6-4-3-5-7-14/h3-10,13,24H,11-12H2,1-2H3/t22-/m0/s1. The van der Waals surface area contributed by atoms with Gasteiger partial charge in [-0.05, 0) is 11.6 Å². The van der Waals surface area contributed by atoms with Crippen molar-refractivity contribution in [3.63, 3.8) is 0 Å². The molecule has 0 unspecified atom stereocenters. The molecular formula is C22H20FN3OS. The second-order valence-corrected chi connectivity index (χ2v) is 8.43. The van der Waals surface area contributed by atoms with E-state index in [2.05, 4.69) is 4.98 Å². The summed E-state index contributed by atoms with van der Waals surface area (Å²) in [6.07, 6.45) is 2.59. The average molecular weight is 393 g/mol. The fourth-order valence-electron chi connectivity index (χ4n) is 3.51. The highest BCUT2D eigenvalue weighted by molar-refractivity contribution is 7.15. The van der Waals surface area contributed by atoms with E-state index in [0.717, 1.165) is 10.4 Å². The number of piperidine rings is 1. The van der Waals surface area contributed by atoms with E-state index in [-0.39, 0.29) is 11.7 Å². The Bertz CT molecular complexity index is 1040. The number of benzene rings is 2. The van der Waals surface area contributed by atoms with Gasteiger partial charge in [-0.15, -0.1) is 11.3 Å². The normalized spacial score (nSPS) is 19.9. The Balaban J connectivity index is 1.64. The number of carbonyl (C=O) groups is 1. The van der Waals surface area contributed by atoms with Crippen molar-refractivity contribution < 1.29 is 9.18 Å². The molecule has 1 N–H and O–H groups in total. The Morgan fingerprint density at radius 2 is 1.89 bits per heavy atom. The third kappa shape index (κ3) is 3.24. The molecule has 1 aromatic heterocycles. The van der Waals surface area contributed by atoms with Crippen LogP contribution in [0.3, 0.4) is 0 Å².